The molecule has 2 rings (SSSR count). The lowest BCUT2D eigenvalue weighted by atomic mass is 10.0. The minimum atomic E-state index is -0.266. The van der Waals surface area contributed by atoms with Crippen LogP contribution in [0.5, 0.6) is 0 Å². The minimum Gasteiger partial charge on any atom is -0.378 e. The molecule has 1 aromatic rings. The maximum absolute atomic E-state index is 11.4. The third-order valence-electron chi connectivity index (χ3n) is 3.54. The Labute approximate surface area is 113 Å². The van der Waals surface area contributed by atoms with E-state index in [1.54, 1.807) is 12.1 Å². The quantitative estimate of drug-likeness (QED) is 0.483. The number of nitrogens with zero attached hydrogens (tertiary/aromatic N) is 1. The van der Waals surface area contributed by atoms with Crippen molar-refractivity contribution in [3.05, 3.63) is 35.4 Å². The molecule has 1 aromatic carbocycles. The van der Waals surface area contributed by atoms with Crippen molar-refractivity contribution in [3.8, 4) is 0 Å². The van der Waals surface area contributed by atoms with Crippen LogP contribution < -0.4 is 11.3 Å². The predicted octanol–water partition coefficient (Wildman–Crippen LogP) is 0.901. The molecule has 1 saturated heterocycles. The monoisotopic (exact) mass is 263 g/mol. The van der Waals surface area contributed by atoms with Gasteiger partial charge in [0, 0.05) is 24.2 Å². The second kappa shape index (κ2) is 5.69. The summed E-state index contributed by atoms with van der Waals surface area (Å²) in [5.41, 5.74) is 3.94. The van der Waals surface area contributed by atoms with Crippen molar-refractivity contribution in [1.82, 2.24) is 10.3 Å². The summed E-state index contributed by atoms with van der Waals surface area (Å²) < 4.78 is 5.51. The lowest BCUT2D eigenvalue weighted by Crippen LogP contribution is -2.52. The fourth-order valence-electron chi connectivity index (χ4n) is 2.25. The van der Waals surface area contributed by atoms with Crippen LogP contribution in [0.15, 0.2) is 24.3 Å². The lowest BCUT2D eigenvalue weighted by Gasteiger charge is -2.42. The number of ether oxygens (including phenoxy) is 1. The molecular formula is C14H21N3O2. The van der Waals surface area contributed by atoms with Crippen LogP contribution in [0.4, 0.5) is 0 Å². The normalized spacial score (nSPS) is 19.1. The van der Waals surface area contributed by atoms with Crippen LogP contribution in [0.3, 0.4) is 0 Å². The van der Waals surface area contributed by atoms with Crippen LogP contribution >= 0.6 is 0 Å². The van der Waals surface area contributed by atoms with Gasteiger partial charge in [0.15, 0.2) is 0 Å². The molecule has 0 saturated carbocycles. The summed E-state index contributed by atoms with van der Waals surface area (Å²) in [7, 11) is 0. The third kappa shape index (κ3) is 3.32. The summed E-state index contributed by atoms with van der Waals surface area (Å²) in [4.78, 5) is 13.8. The number of rotatable bonds is 3. The fourth-order valence-corrected chi connectivity index (χ4v) is 2.25. The Hall–Kier alpha value is -1.43. The van der Waals surface area contributed by atoms with E-state index < -0.39 is 0 Å². The number of hydrogen-bond acceptors (Lipinski definition) is 4. The Morgan fingerprint density at radius 1 is 1.42 bits per heavy atom. The Kier molecular flexibility index (Phi) is 4.19. The van der Waals surface area contributed by atoms with Gasteiger partial charge in [0.05, 0.1) is 13.2 Å². The number of benzene rings is 1. The first-order valence-corrected chi connectivity index (χ1v) is 6.45. The first-order valence-electron chi connectivity index (χ1n) is 6.45. The molecule has 0 radical (unpaired) electrons. The van der Waals surface area contributed by atoms with Crippen molar-refractivity contribution in [3.63, 3.8) is 0 Å². The molecule has 3 N–H and O–H groups in total. The molecule has 1 amide bonds. The number of nitrogens with one attached hydrogen (secondary N) is 1. The highest BCUT2D eigenvalue weighted by Gasteiger charge is 2.30. The van der Waals surface area contributed by atoms with Gasteiger partial charge in [0.1, 0.15) is 0 Å². The van der Waals surface area contributed by atoms with Crippen molar-refractivity contribution in [2.24, 2.45) is 5.84 Å². The zero-order valence-corrected chi connectivity index (χ0v) is 11.5. The van der Waals surface area contributed by atoms with Crippen molar-refractivity contribution in [1.29, 1.82) is 0 Å². The highest BCUT2D eigenvalue weighted by atomic mass is 16.5. The van der Waals surface area contributed by atoms with E-state index in [0.29, 0.717) is 5.56 Å². The van der Waals surface area contributed by atoms with Crippen molar-refractivity contribution in [2.75, 3.05) is 19.8 Å². The van der Waals surface area contributed by atoms with Crippen LogP contribution in [0, 0.1) is 0 Å². The Morgan fingerprint density at radius 3 is 2.68 bits per heavy atom. The van der Waals surface area contributed by atoms with Gasteiger partial charge in [0.25, 0.3) is 5.91 Å². The topological polar surface area (TPSA) is 67.6 Å². The lowest BCUT2D eigenvalue weighted by molar-refractivity contribution is -0.0552. The maximum atomic E-state index is 11.4. The van der Waals surface area contributed by atoms with E-state index in [0.717, 1.165) is 26.3 Å². The highest BCUT2D eigenvalue weighted by molar-refractivity contribution is 5.93. The molecule has 0 atom stereocenters. The summed E-state index contributed by atoms with van der Waals surface area (Å²) in [5.74, 6) is 4.84. The van der Waals surface area contributed by atoms with E-state index in [-0.39, 0.29) is 11.4 Å². The molecule has 0 aromatic heterocycles. The molecule has 5 heteroatoms. The zero-order chi connectivity index (χ0) is 13.9. The summed E-state index contributed by atoms with van der Waals surface area (Å²) in [6, 6.07) is 7.53. The average molecular weight is 263 g/mol. The third-order valence-corrected chi connectivity index (χ3v) is 3.54. The standard InChI is InChI=1S/C14H21N3O2/c1-14(2)10-19-8-7-17(14)9-11-3-5-12(6-4-11)13(18)16-15/h3-6H,7-10,15H2,1-2H3,(H,16,18). The Balaban J connectivity index is 2.05. The Bertz CT molecular complexity index is 443. The van der Waals surface area contributed by atoms with Crippen LogP contribution in [-0.2, 0) is 11.3 Å². The molecule has 104 valence electrons. The van der Waals surface area contributed by atoms with E-state index >= 15 is 0 Å². The molecule has 1 fully saturated rings. The van der Waals surface area contributed by atoms with Crippen LogP contribution in [-0.4, -0.2) is 36.1 Å². The SMILES string of the molecule is CC1(C)COCCN1Cc1ccc(C(=O)NN)cc1. The van der Waals surface area contributed by atoms with Gasteiger partial charge in [-0.3, -0.25) is 15.1 Å². The summed E-state index contributed by atoms with van der Waals surface area (Å²) >= 11 is 0. The van der Waals surface area contributed by atoms with Crippen LogP contribution in [0.2, 0.25) is 0 Å². The number of morpholine rings is 1. The van der Waals surface area contributed by atoms with E-state index in [1.807, 2.05) is 12.1 Å². The van der Waals surface area contributed by atoms with Crippen molar-refractivity contribution < 1.29 is 9.53 Å². The van der Waals surface area contributed by atoms with Crippen LogP contribution in [0.25, 0.3) is 0 Å². The van der Waals surface area contributed by atoms with E-state index in [4.69, 9.17) is 10.6 Å². The van der Waals surface area contributed by atoms with Gasteiger partial charge in [-0.1, -0.05) is 12.1 Å². The number of carbonyl (C=O) groups is 1. The molecule has 19 heavy (non-hydrogen) atoms. The molecule has 1 aliphatic rings. The van der Waals surface area contributed by atoms with Gasteiger partial charge < -0.3 is 4.74 Å². The van der Waals surface area contributed by atoms with E-state index in [1.165, 1.54) is 5.56 Å². The number of nitrogen functional groups attached to an aromatic ring is 1. The molecule has 0 spiro atoms. The van der Waals surface area contributed by atoms with Crippen molar-refractivity contribution in [2.45, 2.75) is 25.9 Å². The molecule has 1 heterocycles. The molecular weight excluding hydrogens is 242 g/mol. The van der Waals surface area contributed by atoms with Crippen molar-refractivity contribution >= 4 is 5.91 Å². The summed E-state index contributed by atoms with van der Waals surface area (Å²) in [5, 5.41) is 0. The maximum Gasteiger partial charge on any atom is 0.265 e. The number of carbonyl (C=O) groups excluding carboxylic acids is 1. The van der Waals surface area contributed by atoms with Gasteiger partial charge in [0.2, 0.25) is 0 Å². The van der Waals surface area contributed by atoms with Gasteiger partial charge in [-0.2, -0.15) is 0 Å². The van der Waals surface area contributed by atoms with Crippen LogP contribution in [0.1, 0.15) is 29.8 Å². The molecule has 1 aliphatic heterocycles. The first kappa shape index (κ1) is 14.0. The van der Waals surface area contributed by atoms with Gasteiger partial charge in [-0.25, -0.2) is 5.84 Å². The fraction of sp³-hybridized carbons (Fsp3) is 0.500. The van der Waals surface area contributed by atoms with Gasteiger partial charge >= 0.3 is 0 Å². The predicted molar refractivity (Wildman–Crippen MR) is 73.4 cm³/mol. The highest BCUT2D eigenvalue weighted by Crippen LogP contribution is 2.21. The smallest absolute Gasteiger partial charge is 0.265 e. The average Bonchev–Trinajstić information content (AvgIpc) is 2.41. The first-order chi connectivity index (χ1) is 9.03. The van der Waals surface area contributed by atoms with E-state index in [9.17, 15) is 4.79 Å². The Morgan fingerprint density at radius 2 is 2.11 bits per heavy atom. The van der Waals surface area contributed by atoms with Gasteiger partial charge in [-0.05, 0) is 31.5 Å². The summed E-state index contributed by atoms with van der Waals surface area (Å²) in [6.07, 6.45) is 0. The largest absolute Gasteiger partial charge is 0.378 e. The second-order valence-electron chi connectivity index (χ2n) is 5.46. The molecule has 5 nitrogen and oxygen atoms in total. The number of hydrogen-bond donors (Lipinski definition) is 2. The molecule has 0 unspecified atom stereocenters. The zero-order valence-electron chi connectivity index (χ0n) is 11.5. The van der Waals surface area contributed by atoms with Gasteiger partial charge in [-0.15, -0.1) is 0 Å². The number of hydrazine groups is 1. The second-order valence-corrected chi connectivity index (χ2v) is 5.46. The van der Waals surface area contributed by atoms with E-state index in [2.05, 4.69) is 24.2 Å². The summed E-state index contributed by atoms with van der Waals surface area (Å²) in [6.45, 7) is 7.68. The molecule has 0 aliphatic carbocycles. The number of amides is 1. The molecule has 0 bridgehead atoms. The number of nitrogens with two attached hydrogens (primary N) is 1. The minimum absolute atomic E-state index is 0.0472.